The molecule has 0 bridgehead atoms. The summed E-state index contributed by atoms with van der Waals surface area (Å²) in [6, 6.07) is 21.5. The average Bonchev–Trinajstić information content (AvgIpc) is 3.42. The minimum Gasteiger partial charge on any atom is -0.486 e. The molecular weight excluding hydrogens is 558 g/mol. The predicted octanol–water partition coefficient (Wildman–Crippen LogP) is 5.51. The molecule has 1 atom stereocenters. The molecule has 0 spiro atoms. The summed E-state index contributed by atoms with van der Waals surface area (Å²) in [4.78, 5) is 27.0. The maximum Gasteiger partial charge on any atom is 0.232 e. The van der Waals surface area contributed by atoms with E-state index in [0.717, 1.165) is 27.5 Å². The zero-order valence-corrected chi connectivity index (χ0v) is 24.6. The zero-order valence-electron chi connectivity index (χ0n) is 23.0. The fraction of sp³-hybridized carbons (Fsp3) is 0.226. The van der Waals surface area contributed by atoms with Crippen LogP contribution in [0.25, 0.3) is 0 Å². The van der Waals surface area contributed by atoms with Gasteiger partial charge in [0.15, 0.2) is 0 Å². The summed E-state index contributed by atoms with van der Waals surface area (Å²) in [5, 5.41) is 6.02. The van der Waals surface area contributed by atoms with E-state index >= 15 is 0 Å². The first-order valence-corrected chi connectivity index (χ1v) is 15.0. The Hall–Kier alpha value is -3.92. The molecule has 0 fully saturated rings. The standard InChI is InChI=1S/C31H32ClN5O3S/c1-36(15-16-39-2)29(38)21-41-17-13-26-30(34-22-37(31(26)41)19-23-8-4-3-5-9-23)35-24-11-12-28(27(32)18-24)40-20-25-10-6-7-14-33-25/h3-14,17-18,22,35H,15-16,19-21H2,1-2H3. The number of fused-ring (bicyclic) bond motifs is 1. The number of carbonyl (C=O) groups excluding carboxylic acids is 1. The smallest absolute Gasteiger partial charge is 0.232 e. The summed E-state index contributed by atoms with van der Waals surface area (Å²) in [6.45, 7) is 2.04. The second kappa shape index (κ2) is 13.6. The number of hydrogen-bond acceptors (Lipinski definition) is 7. The van der Waals surface area contributed by atoms with Gasteiger partial charge in [-0.2, -0.15) is 0 Å². The Morgan fingerprint density at radius 2 is 1.95 bits per heavy atom. The van der Waals surface area contributed by atoms with Gasteiger partial charge in [-0.05, 0) is 47.4 Å². The largest absolute Gasteiger partial charge is 0.486 e. The number of benzene rings is 2. The molecule has 8 nitrogen and oxygen atoms in total. The third kappa shape index (κ3) is 7.24. The fourth-order valence-electron chi connectivity index (χ4n) is 4.33. The van der Waals surface area contributed by atoms with Gasteiger partial charge in [0.05, 0.1) is 34.4 Å². The number of nitrogens with one attached hydrogen (secondary N) is 1. The summed E-state index contributed by atoms with van der Waals surface area (Å²) in [6.07, 6.45) is 5.63. The lowest BCUT2D eigenvalue weighted by molar-refractivity contribution is -0.127. The van der Waals surface area contributed by atoms with Crippen LogP contribution in [0.1, 0.15) is 11.3 Å². The van der Waals surface area contributed by atoms with Gasteiger partial charge in [0.2, 0.25) is 5.91 Å². The molecule has 1 N–H and O–H groups in total. The number of methoxy groups -OCH3 is 1. The van der Waals surface area contributed by atoms with Crippen molar-refractivity contribution in [2.24, 2.45) is 4.99 Å². The molecule has 212 valence electrons. The number of halogens is 1. The van der Waals surface area contributed by atoms with Crippen molar-refractivity contribution in [3.8, 4) is 5.75 Å². The van der Waals surface area contributed by atoms with Crippen molar-refractivity contribution in [2.45, 2.75) is 13.2 Å². The van der Waals surface area contributed by atoms with Crippen LogP contribution in [-0.2, 0) is 22.7 Å². The van der Waals surface area contributed by atoms with Crippen LogP contribution in [0.2, 0.25) is 5.02 Å². The van der Waals surface area contributed by atoms with Crippen LogP contribution in [0, 0.1) is 0 Å². The molecule has 0 saturated carbocycles. The SMILES string of the molecule is COCCN(C)C(=O)CS1=C2C(=C(Nc3ccc(OCc4ccccn4)c(Cl)c3)N=CN2Cc2ccccc2)C=C1. The van der Waals surface area contributed by atoms with Crippen molar-refractivity contribution < 1.29 is 14.3 Å². The van der Waals surface area contributed by atoms with Gasteiger partial charge < -0.3 is 24.6 Å². The number of anilines is 1. The van der Waals surface area contributed by atoms with Gasteiger partial charge in [0.25, 0.3) is 0 Å². The van der Waals surface area contributed by atoms with E-state index < -0.39 is 10.5 Å². The molecule has 0 aliphatic carbocycles. The van der Waals surface area contributed by atoms with Gasteiger partial charge in [-0.25, -0.2) is 4.99 Å². The normalized spacial score (nSPS) is 15.7. The monoisotopic (exact) mass is 589 g/mol. The van der Waals surface area contributed by atoms with Gasteiger partial charge in [0, 0.05) is 44.7 Å². The fourth-order valence-corrected chi connectivity index (χ4v) is 6.58. The lowest BCUT2D eigenvalue weighted by atomic mass is 10.1. The van der Waals surface area contributed by atoms with E-state index in [4.69, 9.17) is 26.1 Å². The highest BCUT2D eigenvalue weighted by molar-refractivity contribution is 8.19. The molecule has 41 heavy (non-hydrogen) atoms. The number of ether oxygens (including phenoxy) is 2. The third-order valence-electron chi connectivity index (χ3n) is 6.55. The molecule has 0 saturated heterocycles. The Morgan fingerprint density at radius 3 is 2.71 bits per heavy atom. The lowest BCUT2D eigenvalue weighted by Gasteiger charge is -2.29. The van der Waals surface area contributed by atoms with Crippen LogP contribution in [0.5, 0.6) is 5.75 Å². The number of hydrogen-bond donors (Lipinski definition) is 1. The second-order valence-corrected chi connectivity index (χ2v) is 11.7. The van der Waals surface area contributed by atoms with Crippen molar-refractivity contribution in [3.63, 3.8) is 0 Å². The second-order valence-electron chi connectivity index (χ2n) is 9.49. The van der Waals surface area contributed by atoms with E-state index in [2.05, 4.69) is 38.8 Å². The van der Waals surface area contributed by atoms with Crippen molar-refractivity contribution in [2.75, 3.05) is 38.4 Å². The zero-order chi connectivity index (χ0) is 28.6. The Balaban J connectivity index is 1.37. The number of carbonyl (C=O) groups is 1. The molecular formula is C31H32ClN5O3S. The third-order valence-corrected chi connectivity index (χ3v) is 8.82. The van der Waals surface area contributed by atoms with Gasteiger partial charge >= 0.3 is 0 Å². The number of aromatic nitrogens is 1. The molecule has 10 heteroatoms. The molecule has 1 unspecified atom stereocenters. The first kappa shape index (κ1) is 28.6. The van der Waals surface area contributed by atoms with E-state index in [0.29, 0.717) is 48.6 Å². The van der Waals surface area contributed by atoms with Gasteiger partial charge in [-0.1, -0.05) is 48.0 Å². The van der Waals surface area contributed by atoms with Crippen molar-refractivity contribution in [3.05, 3.63) is 112 Å². The number of nitrogens with zero attached hydrogens (tertiary/aromatic N) is 4. The van der Waals surface area contributed by atoms with Crippen LogP contribution >= 0.6 is 22.1 Å². The van der Waals surface area contributed by atoms with Crippen LogP contribution in [0.15, 0.2) is 101 Å². The Bertz CT molecular complexity index is 1510. The number of pyridine rings is 1. The summed E-state index contributed by atoms with van der Waals surface area (Å²) in [5.41, 5.74) is 3.73. The van der Waals surface area contributed by atoms with Gasteiger partial charge in [-0.3, -0.25) is 9.78 Å². The average molecular weight is 590 g/mol. The molecule has 0 radical (unpaired) electrons. The van der Waals surface area contributed by atoms with Crippen LogP contribution in [0.3, 0.4) is 0 Å². The topological polar surface area (TPSA) is 79.3 Å². The molecule has 5 rings (SSSR count). The molecule has 2 aromatic carbocycles. The Morgan fingerprint density at radius 1 is 1.12 bits per heavy atom. The highest BCUT2D eigenvalue weighted by atomic mass is 35.5. The highest BCUT2D eigenvalue weighted by Crippen LogP contribution is 2.36. The molecule has 2 aliphatic rings. The summed E-state index contributed by atoms with van der Waals surface area (Å²) < 4.78 is 11.0. The van der Waals surface area contributed by atoms with Gasteiger partial charge in [0.1, 0.15) is 18.2 Å². The minimum absolute atomic E-state index is 0.0774. The minimum atomic E-state index is -0.423. The Labute approximate surface area is 247 Å². The molecule has 1 aromatic heterocycles. The summed E-state index contributed by atoms with van der Waals surface area (Å²) in [5.74, 6) is 1.74. The maximum absolute atomic E-state index is 13.0. The van der Waals surface area contributed by atoms with Crippen LogP contribution < -0.4 is 10.1 Å². The van der Waals surface area contributed by atoms with E-state index in [9.17, 15) is 4.79 Å². The van der Waals surface area contributed by atoms with E-state index in [-0.39, 0.29) is 5.91 Å². The molecule has 1 amide bonds. The van der Waals surface area contributed by atoms with Crippen LogP contribution in [0.4, 0.5) is 5.69 Å². The first-order chi connectivity index (χ1) is 20.0. The van der Waals surface area contributed by atoms with Gasteiger partial charge in [-0.15, -0.1) is 10.5 Å². The van der Waals surface area contributed by atoms with E-state index in [1.54, 1.807) is 18.2 Å². The number of likely N-dealkylation sites (N-methyl/N-ethyl adjacent to an activating group) is 1. The quantitative estimate of drug-likeness (QED) is 0.281. The van der Waals surface area contributed by atoms with Crippen molar-refractivity contribution in [1.29, 1.82) is 0 Å². The van der Waals surface area contributed by atoms with Crippen LogP contribution in [-0.4, -0.2) is 65.1 Å². The maximum atomic E-state index is 13.0. The summed E-state index contributed by atoms with van der Waals surface area (Å²) in [7, 11) is 3.03. The lowest BCUT2D eigenvalue weighted by Crippen LogP contribution is -2.35. The summed E-state index contributed by atoms with van der Waals surface area (Å²) >= 11 is 6.57. The van der Waals surface area contributed by atoms with E-state index in [1.807, 2.05) is 68.0 Å². The highest BCUT2D eigenvalue weighted by Gasteiger charge is 2.28. The predicted molar refractivity (Wildman–Crippen MR) is 167 cm³/mol. The van der Waals surface area contributed by atoms with Crippen molar-refractivity contribution >= 4 is 45.0 Å². The number of rotatable bonds is 12. The number of amides is 1. The Kier molecular flexibility index (Phi) is 9.51. The number of aliphatic imine (C=N–C) groups is 1. The molecule has 3 heterocycles. The van der Waals surface area contributed by atoms with Crippen molar-refractivity contribution in [1.82, 2.24) is 14.8 Å². The van der Waals surface area contributed by atoms with E-state index in [1.165, 1.54) is 0 Å². The molecule has 2 aliphatic heterocycles. The first-order valence-electron chi connectivity index (χ1n) is 13.2. The molecule has 3 aromatic rings.